The molecular weight excluding hydrogens is 425 g/mol. The number of hydrogen-bond acceptors (Lipinski definition) is 1. The van der Waals surface area contributed by atoms with E-state index in [4.69, 9.17) is 11.6 Å². The Kier molecular flexibility index (Phi) is 5.92. The average molecular weight is 452 g/mol. The lowest BCUT2D eigenvalue weighted by molar-refractivity contribution is 0.557. The molecule has 0 amide bonds. The van der Waals surface area contributed by atoms with Crippen LogP contribution >= 0.6 is 18.9 Å². The number of rotatable bonds is 6. The smallest absolute Gasteiger partial charge is 0.208 e. The average Bonchev–Trinajstić information content (AvgIpc) is 3.48. The van der Waals surface area contributed by atoms with E-state index >= 15 is 0 Å². The van der Waals surface area contributed by atoms with Gasteiger partial charge in [-0.2, -0.15) is 0 Å². The van der Waals surface area contributed by atoms with Gasteiger partial charge in [-0.05, 0) is 42.0 Å². The molecule has 0 radical (unpaired) electrons. The van der Waals surface area contributed by atoms with Crippen molar-refractivity contribution in [3.63, 3.8) is 0 Å². The van der Waals surface area contributed by atoms with Gasteiger partial charge in [-0.3, -0.25) is 4.57 Å². The first-order chi connectivity index (χ1) is 14.3. The lowest BCUT2D eigenvalue weighted by Crippen LogP contribution is -2.22. The van der Waals surface area contributed by atoms with Gasteiger partial charge in [0.1, 0.15) is 0 Å². The largest absolute Gasteiger partial charge is 0.296 e. The van der Waals surface area contributed by atoms with Crippen molar-refractivity contribution in [2.75, 3.05) is 0 Å². The molecule has 1 heterocycles. The monoisotopic (exact) mass is 451 g/mol. The van der Waals surface area contributed by atoms with Crippen LogP contribution in [0.25, 0.3) is 0 Å². The van der Waals surface area contributed by atoms with E-state index in [2.05, 4.69) is 48.2 Å². The van der Waals surface area contributed by atoms with Crippen LogP contribution in [0.3, 0.4) is 0 Å². The van der Waals surface area contributed by atoms with Crippen LogP contribution in [0, 0.1) is 0 Å². The van der Waals surface area contributed by atoms with Crippen molar-refractivity contribution in [3.8, 4) is 0 Å². The van der Waals surface area contributed by atoms with Crippen LogP contribution in [-0.2, 0) is 4.57 Å². The van der Waals surface area contributed by atoms with E-state index in [9.17, 15) is 4.57 Å². The summed E-state index contributed by atoms with van der Waals surface area (Å²) >= 11 is 6.14. The minimum atomic E-state index is -2.99. The molecule has 0 aromatic heterocycles. The molecule has 154 valence electrons. The van der Waals surface area contributed by atoms with Gasteiger partial charge in [0.05, 0.1) is 20.2 Å². The van der Waals surface area contributed by atoms with Gasteiger partial charge in [0.15, 0.2) is 0 Å². The molecule has 2 nitrogen and oxygen atoms in total. The predicted octanol–water partition coefficient (Wildman–Crippen LogP) is 6.43. The molecule has 3 atom stereocenters. The fourth-order valence-corrected chi connectivity index (χ4v) is 7.89. The summed E-state index contributed by atoms with van der Waals surface area (Å²) in [5.74, 6) is 0. The van der Waals surface area contributed by atoms with Crippen molar-refractivity contribution in [1.29, 1.82) is 0 Å². The lowest BCUT2D eigenvalue weighted by Gasteiger charge is -2.22. The van der Waals surface area contributed by atoms with Gasteiger partial charge >= 0.3 is 0 Å². The van der Waals surface area contributed by atoms with E-state index in [0.717, 1.165) is 21.2 Å². The first kappa shape index (κ1) is 21.3. The highest BCUT2D eigenvalue weighted by molar-refractivity contribution is 7.76. The van der Waals surface area contributed by atoms with Gasteiger partial charge in [-0.1, -0.05) is 91.5 Å². The van der Waals surface area contributed by atoms with Gasteiger partial charge in [-0.15, -0.1) is 0 Å². The summed E-state index contributed by atoms with van der Waals surface area (Å²) in [7, 11) is -4.38. The molecule has 1 aliphatic rings. The van der Waals surface area contributed by atoms with E-state index in [1.54, 1.807) is 0 Å². The van der Waals surface area contributed by atoms with E-state index in [1.807, 2.05) is 72.8 Å². The second-order valence-electron chi connectivity index (χ2n) is 8.84. The van der Waals surface area contributed by atoms with E-state index in [-0.39, 0.29) is 12.1 Å². The van der Waals surface area contributed by atoms with Crippen molar-refractivity contribution in [2.45, 2.75) is 31.7 Å². The molecule has 4 rings (SSSR count). The van der Waals surface area contributed by atoms with Gasteiger partial charge in [0, 0.05) is 15.6 Å². The highest BCUT2D eigenvalue weighted by Gasteiger charge is 2.57. The normalized spacial score (nSPS) is 21.7. The second-order valence-corrected chi connectivity index (χ2v) is 17.0. The topological polar surface area (TPSA) is 20.1 Å². The summed E-state index contributed by atoms with van der Waals surface area (Å²) in [6.07, 6.45) is 2.28. The maximum atomic E-state index is 14.8. The number of nitrogens with zero attached hydrogens (tertiary/aromatic N) is 1. The standard InChI is InChI=1S/C25H27ClNOPSi/c1-30(2,3)19-18-24-25(20-14-16-21(26)17-15-20)27(24)29(28,22-10-6-4-7-11-22)23-12-8-5-9-13-23/h4-19,24-25H,1-3H3/b19-18+/t24-,25+,27?/m0/s1. The molecule has 3 aromatic rings. The Morgan fingerprint density at radius 3 is 1.80 bits per heavy atom. The van der Waals surface area contributed by atoms with Crippen LogP contribution < -0.4 is 10.6 Å². The van der Waals surface area contributed by atoms with E-state index in [1.165, 1.54) is 0 Å². The lowest BCUT2D eigenvalue weighted by atomic mass is 10.1. The Balaban J connectivity index is 1.84. The Labute approximate surface area is 185 Å². The summed E-state index contributed by atoms with van der Waals surface area (Å²) in [5, 5.41) is 2.47. The summed E-state index contributed by atoms with van der Waals surface area (Å²) in [4.78, 5) is 0. The molecule has 1 aliphatic heterocycles. The van der Waals surface area contributed by atoms with E-state index < -0.39 is 15.4 Å². The predicted molar refractivity (Wildman–Crippen MR) is 132 cm³/mol. The molecule has 30 heavy (non-hydrogen) atoms. The number of halogens is 1. The fraction of sp³-hybridized carbons (Fsp3) is 0.200. The molecular formula is C25H27ClNOPSi. The fourth-order valence-electron chi connectivity index (χ4n) is 3.87. The minimum Gasteiger partial charge on any atom is -0.296 e. The Morgan fingerprint density at radius 2 is 1.33 bits per heavy atom. The third kappa shape index (κ3) is 4.26. The summed E-state index contributed by atoms with van der Waals surface area (Å²) in [5.41, 5.74) is 3.51. The zero-order valence-corrected chi connectivity index (χ0v) is 20.2. The Hall–Kier alpha value is -1.90. The third-order valence-corrected chi connectivity index (χ3v) is 9.97. The van der Waals surface area contributed by atoms with Crippen LogP contribution in [0.5, 0.6) is 0 Å². The van der Waals surface area contributed by atoms with E-state index in [0.29, 0.717) is 0 Å². The maximum absolute atomic E-state index is 14.8. The molecule has 0 bridgehead atoms. The van der Waals surface area contributed by atoms with Crippen LogP contribution in [-0.4, -0.2) is 18.8 Å². The Morgan fingerprint density at radius 1 is 0.833 bits per heavy atom. The third-order valence-electron chi connectivity index (χ3n) is 5.37. The highest BCUT2D eigenvalue weighted by atomic mass is 35.5. The Bertz CT molecular complexity index is 1030. The van der Waals surface area contributed by atoms with Crippen molar-refractivity contribution < 1.29 is 4.57 Å². The first-order valence-electron chi connectivity index (χ1n) is 10.3. The number of hydrogen-bond donors (Lipinski definition) is 0. The second kappa shape index (κ2) is 8.32. The van der Waals surface area contributed by atoms with Gasteiger partial charge in [0.2, 0.25) is 7.29 Å². The van der Waals surface area contributed by atoms with Crippen LogP contribution in [0.2, 0.25) is 24.7 Å². The summed E-state index contributed by atoms with van der Waals surface area (Å²) < 4.78 is 17.0. The summed E-state index contributed by atoms with van der Waals surface area (Å²) in [6.45, 7) is 6.96. The minimum absolute atomic E-state index is 0.0705. The zero-order valence-electron chi connectivity index (χ0n) is 17.6. The van der Waals surface area contributed by atoms with Gasteiger partial charge in [0.25, 0.3) is 0 Å². The number of benzene rings is 3. The quantitative estimate of drug-likeness (QED) is 0.244. The van der Waals surface area contributed by atoms with Crippen molar-refractivity contribution in [2.24, 2.45) is 0 Å². The summed E-state index contributed by atoms with van der Waals surface area (Å²) in [6, 6.07) is 27.9. The van der Waals surface area contributed by atoms with Crippen LogP contribution in [0.4, 0.5) is 0 Å². The van der Waals surface area contributed by atoms with Crippen LogP contribution in [0.1, 0.15) is 11.6 Å². The highest BCUT2D eigenvalue weighted by Crippen LogP contribution is 2.64. The SMILES string of the molecule is C[Si](C)(C)/C=C/[C@H]1[C@@H](c2ccc(Cl)cc2)N1P(=O)(c1ccccc1)c1ccccc1. The molecule has 5 heteroatoms. The molecule has 3 aromatic carbocycles. The molecule has 0 spiro atoms. The van der Waals surface area contributed by atoms with Crippen molar-refractivity contribution >= 4 is 37.6 Å². The first-order valence-corrected chi connectivity index (χ1v) is 15.9. The molecule has 0 aliphatic carbocycles. The molecule has 0 N–H and O–H groups in total. The van der Waals surface area contributed by atoms with Crippen molar-refractivity contribution in [3.05, 3.63) is 107 Å². The van der Waals surface area contributed by atoms with Crippen LogP contribution in [0.15, 0.2) is 96.7 Å². The molecule has 1 fully saturated rings. The molecule has 1 saturated heterocycles. The molecule has 1 unspecified atom stereocenters. The van der Waals surface area contributed by atoms with Gasteiger partial charge in [-0.25, -0.2) is 4.67 Å². The maximum Gasteiger partial charge on any atom is 0.208 e. The zero-order chi connectivity index (χ0) is 21.4. The van der Waals surface area contributed by atoms with Crippen molar-refractivity contribution in [1.82, 2.24) is 4.67 Å². The molecule has 0 saturated carbocycles. The van der Waals surface area contributed by atoms with Gasteiger partial charge < -0.3 is 0 Å².